The first-order valence-corrected chi connectivity index (χ1v) is 9.85. The van der Waals surface area contributed by atoms with Crippen molar-refractivity contribution in [3.63, 3.8) is 0 Å². The maximum absolute atomic E-state index is 13.2. The van der Waals surface area contributed by atoms with Gasteiger partial charge in [0.15, 0.2) is 5.52 Å². The minimum atomic E-state index is -0.0129. The average molecular weight is 396 g/mol. The van der Waals surface area contributed by atoms with Gasteiger partial charge in [0.2, 0.25) is 0 Å². The molecular formula is C22H30LiO4P. The fourth-order valence-electron chi connectivity index (χ4n) is 3.00. The SMILES string of the molecule is COc1cc(OC)c(C(=O)Pc2c(C)cc(C(C)(C)C)cc2C)c(OC)c1.[LiH]. The first-order chi connectivity index (χ1) is 12.6. The number of carbonyl (C=O) groups excluding carboxylic acids is 1. The minimum absolute atomic E-state index is 0. The van der Waals surface area contributed by atoms with Gasteiger partial charge in [-0.25, -0.2) is 0 Å². The molecule has 1 atom stereocenters. The summed E-state index contributed by atoms with van der Waals surface area (Å²) in [6.07, 6.45) is 0. The van der Waals surface area contributed by atoms with E-state index in [9.17, 15) is 4.79 Å². The molecule has 148 valence electrons. The third-order valence-electron chi connectivity index (χ3n) is 4.58. The summed E-state index contributed by atoms with van der Waals surface area (Å²) in [5.41, 5.74) is 4.07. The normalized spacial score (nSPS) is 11.3. The number of aryl methyl sites for hydroxylation is 2. The topological polar surface area (TPSA) is 44.8 Å². The van der Waals surface area contributed by atoms with E-state index in [0.29, 0.717) is 22.8 Å². The van der Waals surface area contributed by atoms with Gasteiger partial charge in [0.05, 0.1) is 21.3 Å². The van der Waals surface area contributed by atoms with Crippen LogP contribution in [0.2, 0.25) is 0 Å². The van der Waals surface area contributed by atoms with Gasteiger partial charge in [-0.15, -0.1) is 0 Å². The van der Waals surface area contributed by atoms with E-state index in [-0.39, 0.29) is 38.4 Å². The molecule has 0 aliphatic carbocycles. The van der Waals surface area contributed by atoms with Crippen LogP contribution in [0.4, 0.5) is 0 Å². The van der Waals surface area contributed by atoms with Gasteiger partial charge in [-0.2, -0.15) is 0 Å². The Morgan fingerprint density at radius 3 is 1.68 bits per heavy atom. The van der Waals surface area contributed by atoms with Crippen LogP contribution in [0.25, 0.3) is 0 Å². The van der Waals surface area contributed by atoms with Crippen molar-refractivity contribution < 1.29 is 19.0 Å². The van der Waals surface area contributed by atoms with E-state index in [0.717, 1.165) is 16.4 Å². The second-order valence-corrected chi connectivity index (χ2v) is 8.80. The number of rotatable bonds is 6. The van der Waals surface area contributed by atoms with Gasteiger partial charge < -0.3 is 14.2 Å². The fraction of sp³-hybridized carbons (Fsp3) is 0.409. The molecule has 0 spiro atoms. The zero-order valence-corrected chi connectivity index (χ0v) is 18.4. The van der Waals surface area contributed by atoms with Gasteiger partial charge in [0.1, 0.15) is 22.8 Å². The second kappa shape index (κ2) is 9.84. The van der Waals surface area contributed by atoms with E-state index in [4.69, 9.17) is 14.2 Å². The van der Waals surface area contributed by atoms with Gasteiger partial charge in [-0.05, 0) is 49.8 Å². The van der Waals surface area contributed by atoms with Gasteiger partial charge >= 0.3 is 18.9 Å². The van der Waals surface area contributed by atoms with Crippen molar-refractivity contribution in [2.75, 3.05) is 21.3 Å². The van der Waals surface area contributed by atoms with Crippen molar-refractivity contribution >= 4 is 38.3 Å². The van der Waals surface area contributed by atoms with Crippen LogP contribution in [0, 0.1) is 13.8 Å². The number of benzene rings is 2. The third-order valence-corrected chi connectivity index (χ3v) is 6.10. The van der Waals surface area contributed by atoms with Crippen LogP contribution in [-0.2, 0) is 5.41 Å². The van der Waals surface area contributed by atoms with Crippen molar-refractivity contribution in [3.05, 3.63) is 46.5 Å². The van der Waals surface area contributed by atoms with Crippen molar-refractivity contribution in [2.45, 2.75) is 40.0 Å². The Morgan fingerprint density at radius 2 is 1.32 bits per heavy atom. The van der Waals surface area contributed by atoms with Gasteiger partial charge in [-0.1, -0.05) is 32.9 Å². The van der Waals surface area contributed by atoms with Crippen LogP contribution in [0.15, 0.2) is 24.3 Å². The van der Waals surface area contributed by atoms with Crippen LogP contribution in [0.1, 0.15) is 47.8 Å². The van der Waals surface area contributed by atoms with Crippen LogP contribution >= 0.6 is 8.58 Å². The van der Waals surface area contributed by atoms with E-state index in [1.54, 1.807) is 33.5 Å². The standard InChI is InChI=1S/C22H29O4P.Li.H/c1-13-9-15(22(3,4)5)10-14(2)20(13)27-21(23)19-17(25-7)11-16(24-6)12-18(19)26-8;;/h9-12,27H,1-8H3;;. The number of hydrogen-bond acceptors (Lipinski definition) is 4. The summed E-state index contributed by atoms with van der Waals surface area (Å²) < 4.78 is 16.1. The van der Waals surface area contributed by atoms with Gasteiger partial charge in [-0.3, -0.25) is 4.79 Å². The van der Waals surface area contributed by atoms with E-state index >= 15 is 0 Å². The molecular weight excluding hydrogens is 366 g/mol. The Kier molecular flexibility index (Phi) is 8.63. The Hall–Kier alpha value is -1.46. The predicted octanol–water partition coefficient (Wildman–Crippen LogP) is 4.12. The molecule has 0 bridgehead atoms. The number of hydrogen-bond donors (Lipinski definition) is 0. The molecule has 0 saturated heterocycles. The van der Waals surface area contributed by atoms with Crippen LogP contribution in [-0.4, -0.2) is 45.7 Å². The average Bonchev–Trinajstić information content (AvgIpc) is 2.62. The zero-order valence-electron chi connectivity index (χ0n) is 17.4. The summed E-state index contributed by atoms with van der Waals surface area (Å²) in [7, 11) is 4.65. The third kappa shape index (κ3) is 5.32. The van der Waals surface area contributed by atoms with Crippen LogP contribution < -0.4 is 19.5 Å². The van der Waals surface area contributed by atoms with E-state index < -0.39 is 0 Å². The van der Waals surface area contributed by atoms with Crippen molar-refractivity contribution in [1.82, 2.24) is 0 Å². The molecule has 4 nitrogen and oxygen atoms in total. The number of methoxy groups -OCH3 is 3. The summed E-state index contributed by atoms with van der Waals surface area (Å²) >= 11 is 0. The van der Waals surface area contributed by atoms with Crippen molar-refractivity contribution in [3.8, 4) is 17.2 Å². The van der Waals surface area contributed by atoms with E-state index in [2.05, 4.69) is 46.8 Å². The fourth-order valence-corrected chi connectivity index (χ4v) is 4.14. The van der Waals surface area contributed by atoms with Crippen molar-refractivity contribution in [1.29, 1.82) is 0 Å². The predicted molar refractivity (Wildman–Crippen MR) is 120 cm³/mol. The molecule has 0 N–H and O–H groups in total. The van der Waals surface area contributed by atoms with Crippen molar-refractivity contribution in [2.24, 2.45) is 0 Å². The molecule has 1 unspecified atom stereocenters. The zero-order chi connectivity index (χ0) is 20.4. The molecule has 0 amide bonds. The monoisotopic (exact) mass is 396 g/mol. The van der Waals surface area contributed by atoms with Crippen LogP contribution in [0.5, 0.6) is 17.2 Å². The van der Waals surface area contributed by atoms with Crippen LogP contribution in [0.3, 0.4) is 0 Å². The quantitative estimate of drug-likeness (QED) is 0.544. The molecule has 2 aromatic carbocycles. The number of ether oxygens (including phenoxy) is 3. The maximum atomic E-state index is 13.2. The molecule has 0 aliphatic rings. The van der Waals surface area contributed by atoms with Gasteiger partial charge in [0, 0.05) is 12.1 Å². The summed E-state index contributed by atoms with van der Waals surface area (Å²) in [6, 6.07) is 7.79. The molecule has 0 heterocycles. The Balaban J connectivity index is 0.00000392. The molecule has 2 rings (SSSR count). The molecule has 28 heavy (non-hydrogen) atoms. The summed E-state index contributed by atoms with van der Waals surface area (Å²) in [5.74, 6) is 1.51. The summed E-state index contributed by atoms with van der Waals surface area (Å²) in [6.45, 7) is 10.7. The molecule has 0 aromatic heterocycles. The first-order valence-electron chi connectivity index (χ1n) is 8.85. The molecule has 0 saturated carbocycles. The molecule has 0 fully saturated rings. The first kappa shape index (κ1) is 24.6. The Labute approximate surface area is 182 Å². The molecule has 6 heteroatoms. The van der Waals surface area contributed by atoms with E-state index in [1.807, 2.05) is 0 Å². The Morgan fingerprint density at radius 1 is 0.857 bits per heavy atom. The van der Waals surface area contributed by atoms with E-state index in [1.165, 1.54) is 5.56 Å². The molecule has 2 aromatic rings. The molecule has 0 aliphatic heterocycles. The summed E-state index contributed by atoms with van der Waals surface area (Å²) in [4.78, 5) is 13.2. The summed E-state index contributed by atoms with van der Waals surface area (Å²) in [5, 5.41) is 1.08. The second-order valence-electron chi connectivity index (χ2n) is 7.60. The number of carbonyl (C=O) groups is 1. The molecule has 0 radical (unpaired) electrons. The Bertz CT molecular complexity index is 808. The van der Waals surface area contributed by atoms with Gasteiger partial charge in [0.25, 0.3) is 0 Å².